The van der Waals surface area contributed by atoms with Crippen LogP contribution < -0.4 is 5.32 Å². The summed E-state index contributed by atoms with van der Waals surface area (Å²) in [6.45, 7) is 6.62. The van der Waals surface area contributed by atoms with Crippen LogP contribution in [-0.4, -0.2) is 6.04 Å². The van der Waals surface area contributed by atoms with Gasteiger partial charge < -0.3 is 5.32 Å². The number of nitrogens with one attached hydrogen (secondary N) is 1. The molecule has 0 aromatic heterocycles. The van der Waals surface area contributed by atoms with Gasteiger partial charge in [-0.05, 0) is 43.9 Å². The van der Waals surface area contributed by atoms with E-state index in [2.05, 4.69) is 48.1 Å². The Morgan fingerprint density at radius 3 is 2.59 bits per heavy atom. The third-order valence-electron chi connectivity index (χ3n) is 2.68. The summed E-state index contributed by atoms with van der Waals surface area (Å²) in [6, 6.07) is 8.36. The molecule has 92 valence electrons. The molecule has 0 radical (unpaired) electrons. The van der Waals surface area contributed by atoms with Crippen molar-refractivity contribution in [1.29, 1.82) is 5.26 Å². The predicted octanol–water partition coefficient (Wildman–Crippen LogP) is 4.56. The molecule has 0 aliphatic rings. The largest absolute Gasteiger partial charge is 0.382 e. The van der Waals surface area contributed by atoms with Gasteiger partial charge >= 0.3 is 0 Å². The van der Waals surface area contributed by atoms with Crippen LogP contribution >= 0.6 is 15.9 Å². The Kier molecular flexibility index (Phi) is 5.50. The van der Waals surface area contributed by atoms with Crippen LogP contribution in [0.1, 0.15) is 39.2 Å². The van der Waals surface area contributed by atoms with E-state index in [0.29, 0.717) is 11.6 Å². The maximum absolute atomic E-state index is 9.06. The van der Waals surface area contributed by atoms with Gasteiger partial charge in [-0.1, -0.05) is 29.8 Å². The molecule has 1 unspecified atom stereocenters. The second-order valence-electron chi connectivity index (χ2n) is 4.82. The zero-order valence-corrected chi connectivity index (χ0v) is 12.2. The van der Waals surface area contributed by atoms with Crippen LogP contribution in [-0.2, 0) is 0 Å². The average molecular weight is 295 g/mol. The molecule has 0 spiro atoms. The van der Waals surface area contributed by atoms with Gasteiger partial charge in [0.25, 0.3) is 0 Å². The Bertz CT molecular complexity index is 407. The fourth-order valence-corrected chi connectivity index (χ4v) is 2.02. The minimum Gasteiger partial charge on any atom is -0.382 e. The van der Waals surface area contributed by atoms with Crippen LogP contribution in [0.25, 0.3) is 0 Å². The molecule has 2 nitrogen and oxygen atoms in total. The predicted molar refractivity (Wildman–Crippen MR) is 76.0 cm³/mol. The van der Waals surface area contributed by atoms with Crippen LogP contribution in [0.15, 0.2) is 22.7 Å². The lowest BCUT2D eigenvalue weighted by atomic mass is 10.0. The van der Waals surface area contributed by atoms with Crippen molar-refractivity contribution in [1.82, 2.24) is 0 Å². The van der Waals surface area contributed by atoms with E-state index in [4.69, 9.17) is 5.26 Å². The van der Waals surface area contributed by atoms with E-state index in [1.54, 1.807) is 0 Å². The van der Waals surface area contributed by atoms with Crippen molar-refractivity contribution in [2.75, 3.05) is 5.32 Å². The number of nitriles is 1. The summed E-state index contributed by atoms with van der Waals surface area (Å²) in [6.07, 6.45) is 2.32. The molecule has 0 amide bonds. The fraction of sp³-hybridized carbons (Fsp3) is 0.500. The molecule has 0 fully saturated rings. The van der Waals surface area contributed by atoms with Gasteiger partial charge in [-0.3, -0.25) is 0 Å². The first kappa shape index (κ1) is 14.1. The Balaban J connectivity index is 2.65. The highest BCUT2D eigenvalue weighted by atomic mass is 79.9. The van der Waals surface area contributed by atoms with Crippen molar-refractivity contribution in [3.8, 4) is 6.07 Å². The van der Waals surface area contributed by atoms with Crippen LogP contribution in [0.2, 0.25) is 0 Å². The standard InChI is InChI=1S/C14H19BrN2/c1-10(2)4-5-11(3)17-14-7-6-13(15)8-12(14)9-16/h6-8,10-11,17H,4-5H2,1-3H3. The Morgan fingerprint density at radius 2 is 2.00 bits per heavy atom. The summed E-state index contributed by atoms with van der Waals surface area (Å²) < 4.78 is 0.939. The van der Waals surface area contributed by atoms with Crippen LogP contribution in [0.5, 0.6) is 0 Å². The van der Waals surface area contributed by atoms with Crippen molar-refractivity contribution < 1.29 is 0 Å². The number of hydrogen-bond acceptors (Lipinski definition) is 2. The Labute approximate surface area is 112 Å². The average Bonchev–Trinajstić information content (AvgIpc) is 2.28. The maximum atomic E-state index is 9.06. The van der Waals surface area contributed by atoms with E-state index in [-0.39, 0.29) is 0 Å². The summed E-state index contributed by atoms with van der Waals surface area (Å²) in [5, 5.41) is 12.5. The van der Waals surface area contributed by atoms with Crippen molar-refractivity contribution in [3.05, 3.63) is 28.2 Å². The van der Waals surface area contributed by atoms with Crippen molar-refractivity contribution >= 4 is 21.6 Å². The Hall–Kier alpha value is -1.01. The first-order valence-electron chi connectivity index (χ1n) is 5.99. The van der Waals surface area contributed by atoms with E-state index >= 15 is 0 Å². The van der Waals surface area contributed by atoms with Crippen molar-refractivity contribution in [2.24, 2.45) is 5.92 Å². The summed E-state index contributed by atoms with van der Waals surface area (Å²) in [5.74, 6) is 0.722. The molecule has 1 aromatic rings. The van der Waals surface area contributed by atoms with Crippen LogP contribution in [0.3, 0.4) is 0 Å². The molecule has 3 heteroatoms. The zero-order chi connectivity index (χ0) is 12.8. The van der Waals surface area contributed by atoms with Crippen molar-refractivity contribution in [2.45, 2.75) is 39.7 Å². The molecule has 17 heavy (non-hydrogen) atoms. The van der Waals surface area contributed by atoms with E-state index in [0.717, 1.165) is 22.5 Å². The zero-order valence-electron chi connectivity index (χ0n) is 10.6. The van der Waals surface area contributed by atoms with Gasteiger partial charge in [0.2, 0.25) is 0 Å². The molecular weight excluding hydrogens is 276 g/mol. The number of nitrogens with zero attached hydrogens (tertiary/aromatic N) is 1. The lowest BCUT2D eigenvalue weighted by molar-refractivity contribution is 0.527. The van der Waals surface area contributed by atoms with Gasteiger partial charge in [-0.15, -0.1) is 0 Å². The van der Waals surface area contributed by atoms with Gasteiger partial charge in [-0.25, -0.2) is 0 Å². The van der Waals surface area contributed by atoms with Gasteiger partial charge in [0.15, 0.2) is 0 Å². The topological polar surface area (TPSA) is 35.8 Å². The lowest BCUT2D eigenvalue weighted by Gasteiger charge is -2.17. The molecule has 1 atom stereocenters. The molecule has 0 saturated heterocycles. The van der Waals surface area contributed by atoms with E-state index in [1.807, 2.05) is 18.2 Å². The SMILES string of the molecule is CC(C)CCC(C)Nc1ccc(Br)cc1C#N. The monoisotopic (exact) mass is 294 g/mol. The smallest absolute Gasteiger partial charge is 0.101 e. The summed E-state index contributed by atoms with van der Waals surface area (Å²) in [4.78, 5) is 0. The quantitative estimate of drug-likeness (QED) is 0.864. The molecule has 0 saturated carbocycles. The van der Waals surface area contributed by atoms with Gasteiger partial charge in [0, 0.05) is 10.5 Å². The van der Waals surface area contributed by atoms with E-state index in [1.165, 1.54) is 6.42 Å². The highest BCUT2D eigenvalue weighted by molar-refractivity contribution is 9.10. The normalized spacial score (nSPS) is 12.2. The molecule has 0 heterocycles. The maximum Gasteiger partial charge on any atom is 0.101 e. The fourth-order valence-electron chi connectivity index (χ4n) is 1.66. The highest BCUT2D eigenvalue weighted by Gasteiger charge is 2.07. The molecule has 0 aliphatic carbocycles. The molecule has 1 N–H and O–H groups in total. The number of halogens is 1. The summed E-state index contributed by atoms with van der Waals surface area (Å²) in [5.41, 5.74) is 1.61. The number of rotatable bonds is 5. The molecule has 0 bridgehead atoms. The summed E-state index contributed by atoms with van der Waals surface area (Å²) >= 11 is 3.37. The van der Waals surface area contributed by atoms with E-state index in [9.17, 15) is 0 Å². The van der Waals surface area contributed by atoms with Gasteiger partial charge in [0.05, 0.1) is 11.3 Å². The molecule has 0 aliphatic heterocycles. The van der Waals surface area contributed by atoms with Crippen LogP contribution in [0, 0.1) is 17.2 Å². The Morgan fingerprint density at radius 1 is 1.29 bits per heavy atom. The lowest BCUT2D eigenvalue weighted by Crippen LogP contribution is -2.16. The molecule has 1 aromatic carbocycles. The first-order chi connectivity index (χ1) is 8.02. The minimum atomic E-state index is 0.394. The number of hydrogen-bond donors (Lipinski definition) is 1. The third-order valence-corrected chi connectivity index (χ3v) is 3.17. The molecular formula is C14H19BrN2. The van der Waals surface area contributed by atoms with E-state index < -0.39 is 0 Å². The summed E-state index contributed by atoms with van der Waals surface area (Å²) in [7, 11) is 0. The number of benzene rings is 1. The van der Waals surface area contributed by atoms with Gasteiger partial charge in [0.1, 0.15) is 6.07 Å². The highest BCUT2D eigenvalue weighted by Crippen LogP contribution is 2.22. The first-order valence-corrected chi connectivity index (χ1v) is 6.78. The second kappa shape index (κ2) is 6.66. The molecule has 1 rings (SSSR count). The number of anilines is 1. The third kappa shape index (κ3) is 4.79. The second-order valence-corrected chi connectivity index (χ2v) is 5.73. The van der Waals surface area contributed by atoms with Crippen molar-refractivity contribution in [3.63, 3.8) is 0 Å². The van der Waals surface area contributed by atoms with Crippen LogP contribution in [0.4, 0.5) is 5.69 Å². The van der Waals surface area contributed by atoms with Gasteiger partial charge in [-0.2, -0.15) is 5.26 Å². The minimum absolute atomic E-state index is 0.394.